The van der Waals surface area contributed by atoms with E-state index in [-0.39, 0.29) is 6.04 Å². The molecular weight excluding hydrogens is 282 g/mol. The normalized spacial score (nSPS) is 41.6. The van der Waals surface area contributed by atoms with Crippen molar-refractivity contribution in [3.05, 3.63) is 23.8 Å². The van der Waals surface area contributed by atoms with Crippen LogP contribution in [-0.2, 0) is 0 Å². The molecule has 23 heavy (non-hydrogen) atoms. The molecule has 0 bridgehead atoms. The maximum Gasteiger partial charge on any atom is 0.0291 e. The van der Waals surface area contributed by atoms with Crippen molar-refractivity contribution in [1.29, 1.82) is 0 Å². The average molecular weight is 318 g/mol. The quantitative estimate of drug-likeness (QED) is 0.745. The lowest BCUT2D eigenvalue weighted by molar-refractivity contribution is 0.278. The number of rotatable bonds is 4. The van der Waals surface area contributed by atoms with Gasteiger partial charge in [0.05, 0.1) is 0 Å². The first-order chi connectivity index (χ1) is 11.1. The predicted octanol–water partition coefficient (Wildman–Crippen LogP) is 3.24. The Morgan fingerprint density at radius 2 is 1.35 bits per heavy atom. The van der Waals surface area contributed by atoms with Crippen LogP contribution in [0.4, 0.5) is 0 Å². The lowest BCUT2D eigenvalue weighted by atomic mass is 9.76. The minimum Gasteiger partial charge on any atom is -0.328 e. The highest BCUT2D eigenvalue weighted by atomic mass is 14.7. The van der Waals surface area contributed by atoms with E-state index in [4.69, 9.17) is 17.2 Å². The van der Waals surface area contributed by atoms with Crippen molar-refractivity contribution in [3.63, 3.8) is 0 Å². The Hall–Kier alpha value is -0.640. The molecule has 2 atom stereocenters. The summed E-state index contributed by atoms with van der Waals surface area (Å²) in [7, 11) is 0. The molecule has 0 spiro atoms. The topological polar surface area (TPSA) is 78.1 Å². The Labute approximate surface area is 141 Å². The highest BCUT2D eigenvalue weighted by Gasteiger charge is 2.26. The zero-order chi connectivity index (χ0) is 16.2. The molecule has 2 saturated carbocycles. The Morgan fingerprint density at radius 1 is 0.783 bits per heavy atom. The van der Waals surface area contributed by atoms with E-state index in [1.165, 1.54) is 69.8 Å². The van der Waals surface area contributed by atoms with E-state index in [2.05, 4.69) is 18.2 Å². The Morgan fingerprint density at radius 3 is 1.96 bits per heavy atom. The van der Waals surface area contributed by atoms with Gasteiger partial charge < -0.3 is 17.2 Å². The Bertz CT molecular complexity index is 426. The second-order valence-electron chi connectivity index (χ2n) is 8.34. The molecule has 0 aliphatic heterocycles. The van der Waals surface area contributed by atoms with Crippen LogP contribution in [0, 0.1) is 17.8 Å². The van der Waals surface area contributed by atoms with Crippen LogP contribution < -0.4 is 17.2 Å². The van der Waals surface area contributed by atoms with Gasteiger partial charge in [-0.25, -0.2) is 0 Å². The van der Waals surface area contributed by atoms with Gasteiger partial charge >= 0.3 is 0 Å². The highest BCUT2D eigenvalue weighted by Crippen LogP contribution is 2.35. The van der Waals surface area contributed by atoms with Gasteiger partial charge in [-0.2, -0.15) is 0 Å². The van der Waals surface area contributed by atoms with E-state index in [0.717, 1.165) is 11.8 Å². The molecule has 2 unspecified atom stereocenters. The molecule has 0 amide bonds. The zero-order valence-electron chi connectivity index (χ0n) is 14.5. The van der Waals surface area contributed by atoms with Gasteiger partial charge in [-0.1, -0.05) is 23.8 Å². The molecule has 3 nitrogen and oxygen atoms in total. The maximum absolute atomic E-state index is 6.36. The Kier molecular flexibility index (Phi) is 5.95. The highest BCUT2D eigenvalue weighted by molar-refractivity contribution is 5.27. The summed E-state index contributed by atoms with van der Waals surface area (Å²) in [5, 5.41) is 0. The molecule has 6 N–H and O–H groups in total. The van der Waals surface area contributed by atoms with Crippen LogP contribution in [0.5, 0.6) is 0 Å². The predicted molar refractivity (Wildman–Crippen MR) is 97.8 cm³/mol. The van der Waals surface area contributed by atoms with Crippen LogP contribution in [0.3, 0.4) is 0 Å². The lowest BCUT2D eigenvalue weighted by Gasteiger charge is -2.32. The van der Waals surface area contributed by atoms with Crippen molar-refractivity contribution in [1.82, 2.24) is 0 Å². The summed E-state index contributed by atoms with van der Waals surface area (Å²) in [5.74, 6) is 2.18. The van der Waals surface area contributed by atoms with Crippen LogP contribution >= 0.6 is 0 Å². The zero-order valence-corrected chi connectivity index (χ0v) is 14.5. The molecule has 130 valence electrons. The number of hydrogen-bond donors (Lipinski definition) is 3. The molecule has 3 aliphatic rings. The largest absolute Gasteiger partial charge is 0.328 e. The molecule has 0 aromatic rings. The van der Waals surface area contributed by atoms with Gasteiger partial charge in [-0.3, -0.25) is 0 Å². The van der Waals surface area contributed by atoms with E-state index in [1.54, 1.807) is 0 Å². The first-order valence-corrected chi connectivity index (χ1v) is 9.75. The van der Waals surface area contributed by atoms with E-state index in [0.29, 0.717) is 18.0 Å². The fourth-order valence-electron chi connectivity index (χ4n) is 4.71. The molecule has 0 saturated heterocycles. The van der Waals surface area contributed by atoms with Crippen LogP contribution in [-0.4, -0.2) is 18.1 Å². The molecule has 0 aromatic heterocycles. The van der Waals surface area contributed by atoms with E-state index in [1.807, 2.05) is 0 Å². The second-order valence-corrected chi connectivity index (χ2v) is 8.34. The van der Waals surface area contributed by atoms with Gasteiger partial charge in [0.1, 0.15) is 0 Å². The Balaban J connectivity index is 1.53. The molecule has 0 heterocycles. The van der Waals surface area contributed by atoms with E-state index >= 15 is 0 Å². The smallest absolute Gasteiger partial charge is 0.0291 e. The number of nitrogens with two attached hydrogens (primary N) is 3. The lowest BCUT2D eigenvalue weighted by Crippen LogP contribution is -2.33. The van der Waals surface area contributed by atoms with Crippen molar-refractivity contribution in [3.8, 4) is 0 Å². The second kappa shape index (κ2) is 7.96. The monoisotopic (exact) mass is 317 g/mol. The van der Waals surface area contributed by atoms with Gasteiger partial charge in [0.2, 0.25) is 0 Å². The summed E-state index contributed by atoms with van der Waals surface area (Å²) in [4.78, 5) is 0. The first-order valence-electron chi connectivity index (χ1n) is 9.75. The first kappa shape index (κ1) is 17.2. The molecule has 3 heteroatoms. The molecule has 3 aliphatic carbocycles. The average Bonchev–Trinajstić information content (AvgIpc) is 2.55. The van der Waals surface area contributed by atoms with Gasteiger partial charge in [-0.15, -0.1) is 0 Å². The summed E-state index contributed by atoms with van der Waals surface area (Å²) >= 11 is 0. The van der Waals surface area contributed by atoms with Gasteiger partial charge in [0.15, 0.2) is 0 Å². The third-order valence-corrected chi connectivity index (χ3v) is 6.37. The van der Waals surface area contributed by atoms with E-state index < -0.39 is 0 Å². The van der Waals surface area contributed by atoms with Crippen molar-refractivity contribution in [2.24, 2.45) is 35.0 Å². The summed E-state index contributed by atoms with van der Waals surface area (Å²) in [6.07, 6.45) is 19.5. The van der Waals surface area contributed by atoms with Crippen molar-refractivity contribution in [2.45, 2.75) is 82.3 Å². The van der Waals surface area contributed by atoms with Crippen LogP contribution in [0.1, 0.15) is 64.2 Å². The SMILES string of the molecule is NC1CCC(CC2=CC(CC3CCC(N)CC3)C(N)C=C2)CC1. The molecule has 3 rings (SSSR count). The van der Waals surface area contributed by atoms with Crippen LogP contribution in [0.15, 0.2) is 23.8 Å². The maximum atomic E-state index is 6.36. The molecule has 0 aromatic carbocycles. The summed E-state index contributed by atoms with van der Waals surface area (Å²) in [6, 6.07) is 1.09. The summed E-state index contributed by atoms with van der Waals surface area (Å²) in [5.41, 5.74) is 19.9. The number of allylic oxidation sites excluding steroid dienone is 2. The standard InChI is InChI=1S/C20H35N3/c21-18-6-1-14(2-7-18)11-16-5-10-20(23)17(13-16)12-15-3-8-19(22)9-4-15/h5,10,13-15,17-20H,1-4,6-9,11-12,21-23H2. The van der Waals surface area contributed by atoms with Gasteiger partial charge in [0.25, 0.3) is 0 Å². The fraction of sp³-hybridized carbons (Fsp3) is 0.800. The van der Waals surface area contributed by atoms with Gasteiger partial charge in [0, 0.05) is 18.1 Å². The van der Waals surface area contributed by atoms with Crippen molar-refractivity contribution in [2.75, 3.05) is 0 Å². The molecule has 0 radical (unpaired) electrons. The number of hydrogen-bond acceptors (Lipinski definition) is 3. The fourth-order valence-corrected chi connectivity index (χ4v) is 4.71. The van der Waals surface area contributed by atoms with Crippen LogP contribution in [0.25, 0.3) is 0 Å². The molecular formula is C20H35N3. The van der Waals surface area contributed by atoms with Crippen LogP contribution in [0.2, 0.25) is 0 Å². The van der Waals surface area contributed by atoms with Crippen molar-refractivity contribution >= 4 is 0 Å². The summed E-state index contributed by atoms with van der Waals surface area (Å²) < 4.78 is 0. The van der Waals surface area contributed by atoms with Gasteiger partial charge in [-0.05, 0) is 82.0 Å². The van der Waals surface area contributed by atoms with Crippen molar-refractivity contribution < 1.29 is 0 Å². The minimum absolute atomic E-state index is 0.203. The van der Waals surface area contributed by atoms with E-state index in [9.17, 15) is 0 Å². The third kappa shape index (κ3) is 4.91. The molecule has 2 fully saturated rings. The summed E-state index contributed by atoms with van der Waals surface area (Å²) in [6.45, 7) is 0. The minimum atomic E-state index is 0.203. The third-order valence-electron chi connectivity index (χ3n) is 6.37.